The van der Waals surface area contributed by atoms with Gasteiger partial charge in [0.15, 0.2) is 0 Å². The Bertz CT molecular complexity index is 710. The Balaban J connectivity index is 1.74. The van der Waals surface area contributed by atoms with Gasteiger partial charge in [0.25, 0.3) is 5.92 Å². The van der Waals surface area contributed by atoms with Gasteiger partial charge in [-0.1, -0.05) is 40.2 Å². The lowest BCUT2D eigenvalue weighted by atomic mass is 9.95. The molecule has 120 valence electrons. The third-order valence-electron chi connectivity index (χ3n) is 4.80. The van der Waals surface area contributed by atoms with Crippen LogP contribution in [0.15, 0.2) is 53.0 Å². The SMILES string of the molecule is FC1(F)C[C@@H](c2ccccc2C2CC2)N(c2ccc(Br)cc2)C1. The predicted octanol–water partition coefficient (Wildman–Crippen LogP) is 5.91. The quantitative estimate of drug-likeness (QED) is 0.642. The molecule has 0 spiro atoms. The maximum Gasteiger partial charge on any atom is 0.267 e. The van der Waals surface area contributed by atoms with Crippen molar-refractivity contribution in [2.24, 2.45) is 0 Å². The highest BCUT2D eigenvalue weighted by atomic mass is 79.9. The van der Waals surface area contributed by atoms with Crippen molar-refractivity contribution in [3.63, 3.8) is 0 Å². The molecule has 2 aliphatic rings. The van der Waals surface area contributed by atoms with Crippen molar-refractivity contribution < 1.29 is 8.78 Å². The summed E-state index contributed by atoms with van der Waals surface area (Å²) in [4.78, 5) is 1.87. The van der Waals surface area contributed by atoms with Crippen molar-refractivity contribution in [1.29, 1.82) is 0 Å². The average Bonchev–Trinajstić information content (AvgIpc) is 3.32. The Morgan fingerprint density at radius 3 is 2.26 bits per heavy atom. The van der Waals surface area contributed by atoms with Crippen molar-refractivity contribution in [2.75, 3.05) is 11.4 Å². The molecule has 2 aromatic carbocycles. The van der Waals surface area contributed by atoms with Gasteiger partial charge in [-0.05, 0) is 54.2 Å². The molecular formula is C19H18BrF2N. The summed E-state index contributed by atoms with van der Waals surface area (Å²) < 4.78 is 29.3. The molecular weight excluding hydrogens is 360 g/mol. The van der Waals surface area contributed by atoms with E-state index in [2.05, 4.69) is 22.0 Å². The van der Waals surface area contributed by atoms with E-state index in [9.17, 15) is 8.78 Å². The lowest BCUT2D eigenvalue weighted by Gasteiger charge is -2.28. The van der Waals surface area contributed by atoms with Crippen molar-refractivity contribution in [1.82, 2.24) is 0 Å². The first-order chi connectivity index (χ1) is 11.0. The minimum absolute atomic E-state index is 0.104. The molecule has 0 unspecified atom stereocenters. The Hall–Kier alpha value is -1.42. The summed E-state index contributed by atoms with van der Waals surface area (Å²) in [6.07, 6.45) is 2.25. The second kappa shape index (κ2) is 5.59. The number of rotatable bonds is 3. The van der Waals surface area contributed by atoms with Crippen molar-refractivity contribution in [3.05, 3.63) is 64.1 Å². The van der Waals surface area contributed by atoms with Crippen LogP contribution in [-0.2, 0) is 0 Å². The van der Waals surface area contributed by atoms with Gasteiger partial charge in [-0.15, -0.1) is 0 Å². The third kappa shape index (κ3) is 3.01. The molecule has 1 saturated heterocycles. The summed E-state index contributed by atoms with van der Waals surface area (Å²) in [5.41, 5.74) is 3.20. The van der Waals surface area contributed by atoms with E-state index < -0.39 is 5.92 Å². The molecule has 0 aromatic heterocycles. The van der Waals surface area contributed by atoms with Crippen LogP contribution >= 0.6 is 15.9 Å². The molecule has 0 amide bonds. The summed E-state index contributed by atoms with van der Waals surface area (Å²) >= 11 is 3.41. The predicted molar refractivity (Wildman–Crippen MR) is 92.2 cm³/mol. The highest BCUT2D eigenvalue weighted by Crippen LogP contribution is 2.49. The number of hydrogen-bond acceptors (Lipinski definition) is 1. The average molecular weight is 378 g/mol. The van der Waals surface area contributed by atoms with Crippen LogP contribution in [0.5, 0.6) is 0 Å². The first-order valence-corrected chi connectivity index (χ1v) is 8.82. The molecule has 1 aliphatic carbocycles. The number of anilines is 1. The minimum Gasteiger partial charge on any atom is -0.358 e. The van der Waals surface area contributed by atoms with Crippen molar-refractivity contribution >= 4 is 21.6 Å². The van der Waals surface area contributed by atoms with Crippen LogP contribution in [0.3, 0.4) is 0 Å². The van der Waals surface area contributed by atoms with Gasteiger partial charge in [0.05, 0.1) is 12.6 Å². The Morgan fingerprint density at radius 2 is 1.61 bits per heavy atom. The van der Waals surface area contributed by atoms with Gasteiger partial charge in [0.1, 0.15) is 0 Å². The van der Waals surface area contributed by atoms with E-state index >= 15 is 0 Å². The van der Waals surface area contributed by atoms with E-state index in [-0.39, 0.29) is 19.0 Å². The van der Waals surface area contributed by atoms with Crippen LogP contribution < -0.4 is 4.90 Å². The molecule has 2 fully saturated rings. The fourth-order valence-corrected chi connectivity index (χ4v) is 3.84. The molecule has 0 N–H and O–H groups in total. The molecule has 2 aromatic rings. The monoisotopic (exact) mass is 377 g/mol. The molecule has 23 heavy (non-hydrogen) atoms. The van der Waals surface area contributed by atoms with E-state index in [1.165, 1.54) is 18.4 Å². The second-order valence-electron chi connectivity index (χ2n) is 6.58. The van der Waals surface area contributed by atoms with Gasteiger partial charge < -0.3 is 4.90 Å². The normalized spacial score (nSPS) is 23.3. The summed E-state index contributed by atoms with van der Waals surface area (Å²) in [7, 11) is 0. The zero-order valence-corrected chi connectivity index (χ0v) is 14.3. The van der Waals surface area contributed by atoms with Gasteiger partial charge in [0.2, 0.25) is 0 Å². The zero-order valence-electron chi connectivity index (χ0n) is 12.7. The fraction of sp³-hybridized carbons (Fsp3) is 0.368. The van der Waals surface area contributed by atoms with E-state index in [1.807, 2.05) is 47.4 Å². The maximum atomic E-state index is 14.2. The Kier molecular flexibility index (Phi) is 3.67. The maximum absolute atomic E-state index is 14.2. The molecule has 0 bridgehead atoms. The van der Waals surface area contributed by atoms with Gasteiger partial charge in [-0.3, -0.25) is 0 Å². The summed E-state index contributed by atoms with van der Waals surface area (Å²) in [5.74, 6) is -2.08. The molecule has 0 radical (unpaired) electrons. The standard InChI is InChI=1S/C19H18BrF2N/c20-14-7-9-15(10-8-14)23-12-19(21,22)11-18(23)17-4-2-1-3-16(17)13-5-6-13/h1-4,7-10,13,18H,5-6,11-12H2/t18-/m0/s1. The number of benzene rings is 2. The van der Waals surface area contributed by atoms with Crippen molar-refractivity contribution in [3.8, 4) is 0 Å². The Morgan fingerprint density at radius 1 is 0.957 bits per heavy atom. The Labute approximate surface area is 143 Å². The fourth-order valence-electron chi connectivity index (χ4n) is 3.58. The van der Waals surface area contributed by atoms with Gasteiger partial charge >= 0.3 is 0 Å². The molecule has 4 heteroatoms. The number of hydrogen-bond donors (Lipinski definition) is 0. The molecule has 1 heterocycles. The van der Waals surface area contributed by atoms with Crippen molar-refractivity contribution in [2.45, 2.75) is 37.1 Å². The van der Waals surface area contributed by atoms with Gasteiger partial charge in [-0.2, -0.15) is 0 Å². The van der Waals surface area contributed by atoms with Gasteiger partial charge in [0, 0.05) is 16.6 Å². The van der Waals surface area contributed by atoms with Crippen LogP contribution in [0, 0.1) is 0 Å². The number of halogens is 3. The highest BCUT2D eigenvalue weighted by Gasteiger charge is 2.46. The van der Waals surface area contributed by atoms with Crippen LogP contribution in [0.25, 0.3) is 0 Å². The number of alkyl halides is 2. The first kappa shape index (κ1) is 15.1. The van der Waals surface area contributed by atoms with Crippen LogP contribution in [0.2, 0.25) is 0 Å². The summed E-state index contributed by atoms with van der Waals surface area (Å²) in [6.45, 7) is -0.210. The van der Waals surface area contributed by atoms with Gasteiger partial charge in [-0.25, -0.2) is 8.78 Å². The molecule has 4 rings (SSSR count). The topological polar surface area (TPSA) is 3.24 Å². The molecule has 1 aliphatic heterocycles. The highest BCUT2D eigenvalue weighted by molar-refractivity contribution is 9.10. The summed E-state index contributed by atoms with van der Waals surface area (Å²) in [5, 5.41) is 0. The number of nitrogens with zero attached hydrogens (tertiary/aromatic N) is 1. The van der Waals surface area contributed by atoms with Crippen LogP contribution in [-0.4, -0.2) is 12.5 Å². The van der Waals surface area contributed by atoms with Crippen LogP contribution in [0.4, 0.5) is 14.5 Å². The van der Waals surface area contributed by atoms with Crippen LogP contribution in [0.1, 0.15) is 42.3 Å². The van der Waals surface area contributed by atoms with E-state index in [1.54, 1.807) is 0 Å². The second-order valence-corrected chi connectivity index (χ2v) is 7.50. The molecule has 1 atom stereocenters. The first-order valence-electron chi connectivity index (χ1n) is 8.02. The minimum atomic E-state index is -2.64. The van der Waals surface area contributed by atoms with E-state index in [0.29, 0.717) is 5.92 Å². The third-order valence-corrected chi connectivity index (χ3v) is 5.33. The zero-order chi connectivity index (χ0) is 16.0. The van der Waals surface area contributed by atoms with E-state index in [0.717, 1.165) is 15.7 Å². The summed E-state index contributed by atoms with van der Waals surface area (Å²) in [6, 6.07) is 15.5. The molecule has 1 nitrogen and oxygen atoms in total. The smallest absolute Gasteiger partial charge is 0.267 e. The lowest BCUT2D eigenvalue weighted by Crippen LogP contribution is -2.26. The van der Waals surface area contributed by atoms with E-state index in [4.69, 9.17) is 0 Å². The lowest BCUT2D eigenvalue weighted by molar-refractivity contribution is 0.0223. The largest absolute Gasteiger partial charge is 0.358 e. The molecule has 1 saturated carbocycles.